The second kappa shape index (κ2) is 9.18. The first kappa shape index (κ1) is 22.1. The molecule has 0 radical (unpaired) electrons. The van der Waals surface area contributed by atoms with Crippen molar-refractivity contribution >= 4 is 5.69 Å². The van der Waals surface area contributed by atoms with Crippen molar-refractivity contribution in [3.05, 3.63) is 77.5 Å². The molecular formula is C24H24F3N3O2. The highest BCUT2D eigenvalue weighted by Gasteiger charge is 2.31. The van der Waals surface area contributed by atoms with Gasteiger partial charge in [-0.1, -0.05) is 30.3 Å². The van der Waals surface area contributed by atoms with E-state index in [0.717, 1.165) is 40.2 Å². The second-order valence-corrected chi connectivity index (χ2v) is 7.76. The number of halogens is 3. The van der Waals surface area contributed by atoms with E-state index < -0.39 is 11.7 Å². The Hall–Kier alpha value is -3.10. The first-order chi connectivity index (χ1) is 15.4. The quantitative estimate of drug-likeness (QED) is 0.592. The Labute approximate surface area is 184 Å². The molecule has 5 nitrogen and oxygen atoms in total. The van der Waals surface area contributed by atoms with Gasteiger partial charge in [0.25, 0.3) is 0 Å². The van der Waals surface area contributed by atoms with Gasteiger partial charge in [0.15, 0.2) is 0 Å². The van der Waals surface area contributed by atoms with Gasteiger partial charge in [0, 0.05) is 43.0 Å². The van der Waals surface area contributed by atoms with Gasteiger partial charge in [-0.2, -0.15) is 13.2 Å². The number of anilines is 1. The van der Waals surface area contributed by atoms with Crippen molar-refractivity contribution in [1.29, 1.82) is 0 Å². The molecular weight excluding hydrogens is 419 g/mol. The Morgan fingerprint density at radius 1 is 1.06 bits per heavy atom. The lowest BCUT2D eigenvalue weighted by molar-refractivity contribution is -0.137. The van der Waals surface area contributed by atoms with Gasteiger partial charge in [-0.3, -0.25) is 0 Å². The summed E-state index contributed by atoms with van der Waals surface area (Å²) in [6.07, 6.45) is -3.13. The first-order valence-corrected chi connectivity index (χ1v) is 10.4. The molecule has 3 N–H and O–H groups in total. The van der Waals surface area contributed by atoms with Crippen LogP contribution >= 0.6 is 0 Å². The summed E-state index contributed by atoms with van der Waals surface area (Å²) in [6.45, 7) is 1.65. The molecule has 8 heteroatoms. The summed E-state index contributed by atoms with van der Waals surface area (Å²) in [5.74, 6) is 0.170. The third-order valence-electron chi connectivity index (χ3n) is 5.61. The second-order valence-electron chi connectivity index (χ2n) is 7.76. The van der Waals surface area contributed by atoms with Crippen molar-refractivity contribution in [2.45, 2.75) is 31.9 Å². The molecule has 168 valence electrons. The van der Waals surface area contributed by atoms with Crippen LogP contribution in [0.3, 0.4) is 0 Å². The topological polar surface area (TPSA) is 71.6 Å². The van der Waals surface area contributed by atoms with E-state index in [2.05, 4.69) is 9.88 Å². The summed E-state index contributed by atoms with van der Waals surface area (Å²) < 4.78 is 43.9. The number of rotatable bonds is 6. The summed E-state index contributed by atoms with van der Waals surface area (Å²) in [6, 6.07) is 16.2. The lowest BCUT2D eigenvalue weighted by atomic mass is 10.0. The molecule has 0 aliphatic carbocycles. The zero-order chi connectivity index (χ0) is 22.7. The van der Waals surface area contributed by atoms with E-state index >= 15 is 0 Å². The molecule has 2 aromatic carbocycles. The van der Waals surface area contributed by atoms with E-state index in [4.69, 9.17) is 10.5 Å². The maximum absolute atomic E-state index is 12.7. The molecule has 2 heterocycles. The minimum absolute atomic E-state index is 0.105. The van der Waals surface area contributed by atoms with Crippen LogP contribution in [-0.2, 0) is 19.3 Å². The van der Waals surface area contributed by atoms with Crippen LogP contribution in [0.4, 0.5) is 18.9 Å². The van der Waals surface area contributed by atoms with Crippen molar-refractivity contribution in [3.63, 3.8) is 0 Å². The normalized spacial score (nSPS) is 16.4. The van der Waals surface area contributed by atoms with Gasteiger partial charge in [0.05, 0.1) is 18.7 Å². The molecule has 0 amide bonds. The van der Waals surface area contributed by atoms with E-state index in [1.807, 2.05) is 42.5 Å². The molecule has 3 aromatic rings. The monoisotopic (exact) mass is 443 g/mol. The molecule has 0 unspecified atom stereocenters. The van der Waals surface area contributed by atoms with Crippen LogP contribution < -0.4 is 15.4 Å². The van der Waals surface area contributed by atoms with E-state index in [1.54, 1.807) is 0 Å². The van der Waals surface area contributed by atoms with Gasteiger partial charge < -0.3 is 20.5 Å². The third kappa shape index (κ3) is 4.87. The van der Waals surface area contributed by atoms with E-state index in [0.29, 0.717) is 26.1 Å². The molecule has 1 atom stereocenters. The van der Waals surface area contributed by atoms with E-state index in [9.17, 15) is 18.3 Å². The van der Waals surface area contributed by atoms with Crippen LogP contribution in [0.25, 0.3) is 11.1 Å². The van der Waals surface area contributed by atoms with Gasteiger partial charge in [-0.15, -0.1) is 0 Å². The Morgan fingerprint density at radius 2 is 1.81 bits per heavy atom. The molecule has 32 heavy (non-hydrogen) atoms. The lowest BCUT2D eigenvalue weighted by Gasteiger charge is -2.22. The summed E-state index contributed by atoms with van der Waals surface area (Å²) in [7, 11) is 0. The highest BCUT2D eigenvalue weighted by molar-refractivity contribution is 5.69. The summed E-state index contributed by atoms with van der Waals surface area (Å²) >= 11 is 0. The van der Waals surface area contributed by atoms with Crippen LogP contribution in [0.5, 0.6) is 5.88 Å². The third-order valence-corrected chi connectivity index (χ3v) is 5.61. The van der Waals surface area contributed by atoms with Crippen molar-refractivity contribution in [2.24, 2.45) is 5.73 Å². The smallest absolute Gasteiger partial charge is 0.417 e. The summed E-state index contributed by atoms with van der Waals surface area (Å²) in [4.78, 5) is 5.90. The molecule has 0 spiro atoms. The van der Waals surface area contributed by atoms with Gasteiger partial charge >= 0.3 is 6.18 Å². The van der Waals surface area contributed by atoms with Crippen molar-refractivity contribution in [3.8, 4) is 17.0 Å². The van der Waals surface area contributed by atoms with Crippen molar-refractivity contribution in [1.82, 2.24) is 4.98 Å². The molecule has 1 aromatic heterocycles. The SMILES string of the molecule is NCc1ccc(-c2ccc(N3CC[C@H](Oc4ccc(C(F)(F)F)cn4)C3)c(CO)c2)cc1. The lowest BCUT2D eigenvalue weighted by Crippen LogP contribution is -2.25. The van der Waals surface area contributed by atoms with Crippen molar-refractivity contribution < 1.29 is 23.0 Å². The highest BCUT2D eigenvalue weighted by atomic mass is 19.4. The van der Waals surface area contributed by atoms with Gasteiger partial charge in [-0.05, 0) is 34.9 Å². The molecule has 4 rings (SSSR count). The average molecular weight is 443 g/mol. The first-order valence-electron chi connectivity index (χ1n) is 10.4. The number of hydrogen-bond acceptors (Lipinski definition) is 5. The minimum atomic E-state index is -4.42. The highest BCUT2D eigenvalue weighted by Crippen LogP contribution is 2.32. The van der Waals surface area contributed by atoms with Gasteiger partial charge in [0.2, 0.25) is 5.88 Å². The number of ether oxygens (including phenoxy) is 1. The van der Waals surface area contributed by atoms with Crippen LogP contribution in [0.2, 0.25) is 0 Å². The van der Waals surface area contributed by atoms with E-state index in [-0.39, 0.29) is 18.6 Å². The Morgan fingerprint density at radius 3 is 2.44 bits per heavy atom. The number of aliphatic hydroxyl groups is 1. The summed E-state index contributed by atoms with van der Waals surface area (Å²) in [5, 5.41) is 9.95. The predicted octanol–water partition coefficient (Wildman–Crippen LogP) is 4.38. The number of aliphatic hydroxyl groups excluding tert-OH is 1. The number of nitrogens with two attached hydrogens (primary N) is 1. The van der Waals surface area contributed by atoms with Crippen LogP contribution in [-0.4, -0.2) is 29.3 Å². The van der Waals surface area contributed by atoms with E-state index in [1.165, 1.54) is 6.07 Å². The number of aromatic nitrogens is 1. The molecule has 1 fully saturated rings. The van der Waals surface area contributed by atoms with Crippen LogP contribution in [0.1, 0.15) is 23.1 Å². The number of nitrogens with zero attached hydrogens (tertiary/aromatic N) is 2. The van der Waals surface area contributed by atoms with Crippen LogP contribution in [0.15, 0.2) is 60.8 Å². The Kier molecular flexibility index (Phi) is 6.34. The number of hydrogen-bond donors (Lipinski definition) is 2. The minimum Gasteiger partial charge on any atom is -0.472 e. The largest absolute Gasteiger partial charge is 0.472 e. The number of alkyl halides is 3. The average Bonchev–Trinajstić information content (AvgIpc) is 3.26. The maximum Gasteiger partial charge on any atom is 0.417 e. The maximum atomic E-state index is 12.7. The van der Waals surface area contributed by atoms with Crippen LogP contribution in [0, 0.1) is 0 Å². The number of pyridine rings is 1. The fourth-order valence-electron chi connectivity index (χ4n) is 3.87. The Balaban J connectivity index is 1.45. The Bertz CT molecular complexity index is 1050. The molecule has 1 saturated heterocycles. The van der Waals surface area contributed by atoms with Gasteiger partial charge in [-0.25, -0.2) is 4.98 Å². The molecule has 1 aliphatic heterocycles. The predicted molar refractivity (Wildman–Crippen MR) is 116 cm³/mol. The number of benzene rings is 2. The standard InChI is InChI=1S/C24H24F3N3O2/c25-24(26,27)20-6-8-23(29-13-20)32-21-9-10-30(14-21)22-7-5-18(11-19(22)15-31)17-3-1-16(12-28)2-4-17/h1-8,11,13,21,31H,9-10,12,14-15,28H2/t21-/m0/s1. The summed E-state index contributed by atoms with van der Waals surface area (Å²) in [5.41, 5.74) is 9.68. The molecule has 1 aliphatic rings. The molecule has 0 saturated carbocycles. The zero-order valence-electron chi connectivity index (χ0n) is 17.3. The molecule has 0 bridgehead atoms. The fourth-order valence-corrected chi connectivity index (χ4v) is 3.87. The van der Waals surface area contributed by atoms with Gasteiger partial charge in [0.1, 0.15) is 6.10 Å². The van der Waals surface area contributed by atoms with Crippen molar-refractivity contribution in [2.75, 3.05) is 18.0 Å². The fraction of sp³-hybridized carbons (Fsp3) is 0.292. The zero-order valence-corrected chi connectivity index (χ0v) is 17.3.